The van der Waals surface area contributed by atoms with Crippen molar-refractivity contribution in [1.29, 1.82) is 0 Å². The zero-order valence-electron chi connectivity index (χ0n) is 10.3. The lowest BCUT2D eigenvalue weighted by atomic mass is 10.1. The largest absolute Gasteiger partial charge is 0.455 e. The van der Waals surface area contributed by atoms with Gasteiger partial charge in [0.15, 0.2) is 11.7 Å². The van der Waals surface area contributed by atoms with Crippen LogP contribution < -0.4 is 5.43 Å². The van der Waals surface area contributed by atoms with E-state index in [1.165, 1.54) is 6.07 Å². The molecule has 1 aromatic heterocycles. The first-order valence-electron chi connectivity index (χ1n) is 5.97. The number of carbonyl (C=O) groups excluding carboxylic acids is 1. The van der Waals surface area contributed by atoms with Crippen LogP contribution in [0.2, 0.25) is 5.02 Å². The van der Waals surface area contributed by atoms with E-state index < -0.39 is 0 Å². The molecular formula is C16H9ClO3. The summed E-state index contributed by atoms with van der Waals surface area (Å²) in [5.74, 6) is 0.388. The number of para-hydroxylation sites is 1. The van der Waals surface area contributed by atoms with Crippen molar-refractivity contribution < 1.29 is 9.21 Å². The molecule has 0 aliphatic rings. The third-order valence-corrected chi connectivity index (χ3v) is 3.26. The molecule has 0 bridgehead atoms. The standard InChI is InChI=1S/C16H9ClO3/c17-12-5-1-3-10(7-12)15-8-14(19)13-6-2-4-11(9-18)16(13)20-15/h1-9H. The van der Waals surface area contributed by atoms with Gasteiger partial charge in [-0.2, -0.15) is 0 Å². The second-order valence-electron chi connectivity index (χ2n) is 4.33. The summed E-state index contributed by atoms with van der Waals surface area (Å²) < 4.78 is 5.72. The Balaban J connectivity index is 2.34. The highest BCUT2D eigenvalue weighted by atomic mass is 35.5. The van der Waals surface area contributed by atoms with Gasteiger partial charge in [-0.25, -0.2) is 0 Å². The molecule has 0 unspecified atom stereocenters. The van der Waals surface area contributed by atoms with E-state index in [2.05, 4.69) is 0 Å². The maximum Gasteiger partial charge on any atom is 0.193 e. The second-order valence-corrected chi connectivity index (χ2v) is 4.76. The van der Waals surface area contributed by atoms with Gasteiger partial charge in [-0.05, 0) is 24.3 Å². The summed E-state index contributed by atoms with van der Waals surface area (Å²) in [6.45, 7) is 0. The van der Waals surface area contributed by atoms with Gasteiger partial charge in [-0.1, -0.05) is 29.8 Å². The first-order chi connectivity index (χ1) is 9.69. The number of aldehydes is 1. The lowest BCUT2D eigenvalue weighted by Crippen LogP contribution is -2.01. The van der Waals surface area contributed by atoms with E-state index in [1.807, 2.05) is 0 Å². The van der Waals surface area contributed by atoms with Gasteiger partial charge >= 0.3 is 0 Å². The predicted octanol–water partition coefficient (Wildman–Crippen LogP) is 3.93. The summed E-state index contributed by atoms with van der Waals surface area (Å²) in [4.78, 5) is 23.2. The summed E-state index contributed by atoms with van der Waals surface area (Å²) in [7, 11) is 0. The highest BCUT2D eigenvalue weighted by Gasteiger charge is 2.10. The highest BCUT2D eigenvalue weighted by molar-refractivity contribution is 6.30. The zero-order valence-corrected chi connectivity index (χ0v) is 11.1. The van der Waals surface area contributed by atoms with Crippen LogP contribution in [0.1, 0.15) is 10.4 Å². The zero-order chi connectivity index (χ0) is 14.1. The molecule has 3 rings (SSSR count). The van der Waals surface area contributed by atoms with Crippen LogP contribution in [0.5, 0.6) is 0 Å². The molecule has 0 amide bonds. The van der Waals surface area contributed by atoms with Gasteiger partial charge in [-0.3, -0.25) is 9.59 Å². The van der Waals surface area contributed by atoms with E-state index in [0.29, 0.717) is 39.2 Å². The van der Waals surface area contributed by atoms with Gasteiger partial charge in [0.2, 0.25) is 0 Å². The van der Waals surface area contributed by atoms with Gasteiger partial charge in [0.25, 0.3) is 0 Å². The Hall–Kier alpha value is -2.39. The van der Waals surface area contributed by atoms with Crippen LogP contribution in [-0.4, -0.2) is 6.29 Å². The lowest BCUT2D eigenvalue weighted by Gasteiger charge is -2.05. The minimum absolute atomic E-state index is 0.190. The molecule has 0 fully saturated rings. The molecule has 0 spiro atoms. The maximum absolute atomic E-state index is 12.1. The first-order valence-corrected chi connectivity index (χ1v) is 6.35. The Labute approximate surface area is 119 Å². The van der Waals surface area contributed by atoms with Crippen LogP contribution >= 0.6 is 11.6 Å². The summed E-state index contributed by atoms with van der Waals surface area (Å²) in [6.07, 6.45) is 0.674. The highest BCUT2D eigenvalue weighted by Crippen LogP contribution is 2.25. The first kappa shape index (κ1) is 12.6. The van der Waals surface area contributed by atoms with Crippen molar-refractivity contribution in [3.63, 3.8) is 0 Å². The van der Waals surface area contributed by atoms with Crippen molar-refractivity contribution in [1.82, 2.24) is 0 Å². The molecule has 20 heavy (non-hydrogen) atoms. The molecular weight excluding hydrogens is 276 g/mol. The second kappa shape index (κ2) is 4.94. The van der Waals surface area contributed by atoms with Gasteiger partial charge in [0, 0.05) is 16.7 Å². The van der Waals surface area contributed by atoms with Crippen LogP contribution in [0.3, 0.4) is 0 Å². The minimum atomic E-state index is -0.190. The van der Waals surface area contributed by atoms with Crippen molar-refractivity contribution >= 4 is 28.9 Å². The molecule has 0 aliphatic heterocycles. The molecule has 3 nitrogen and oxygen atoms in total. The molecule has 0 aliphatic carbocycles. The molecule has 4 heteroatoms. The summed E-state index contributed by atoms with van der Waals surface area (Å²) in [5.41, 5.74) is 1.15. The van der Waals surface area contributed by atoms with Crippen molar-refractivity contribution in [3.05, 3.63) is 69.3 Å². The fourth-order valence-corrected chi connectivity index (χ4v) is 2.27. The van der Waals surface area contributed by atoms with Crippen molar-refractivity contribution in [2.45, 2.75) is 0 Å². The topological polar surface area (TPSA) is 47.3 Å². The fraction of sp³-hybridized carbons (Fsp3) is 0. The van der Waals surface area contributed by atoms with E-state index in [4.69, 9.17) is 16.0 Å². The smallest absolute Gasteiger partial charge is 0.193 e. The number of carbonyl (C=O) groups is 1. The van der Waals surface area contributed by atoms with Crippen molar-refractivity contribution in [2.75, 3.05) is 0 Å². The molecule has 98 valence electrons. The van der Waals surface area contributed by atoms with Gasteiger partial charge < -0.3 is 4.42 Å². The van der Waals surface area contributed by atoms with E-state index in [0.717, 1.165) is 0 Å². The summed E-state index contributed by atoms with van der Waals surface area (Å²) in [5, 5.41) is 0.939. The minimum Gasteiger partial charge on any atom is -0.455 e. The Bertz CT molecular complexity index is 865. The summed E-state index contributed by atoms with van der Waals surface area (Å²) >= 11 is 5.94. The molecule has 0 saturated heterocycles. The van der Waals surface area contributed by atoms with Crippen LogP contribution in [0.25, 0.3) is 22.3 Å². The average Bonchev–Trinajstić information content (AvgIpc) is 2.46. The quantitative estimate of drug-likeness (QED) is 0.670. The number of halogens is 1. The van der Waals surface area contributed by atoms with Crippen LogP contribution in [0.4, 0.5) is 0 Å². The molecule has 0 radical (unpaired) electrons. The molecule has 0 N–H and O–H groups in total. The molecule has 1 heterocycles. The van der Waals surface area contributed by atoms with Crippen molar-refractivity contribution in [3.8, 4) is 11.3 Å². The van der Waals surface area contributed by atoms with E-state index >= 15 is 0 Å². The maximum atomic E-state index is 12.1. The van der Waals surface area contributed by atoms with E-state index in [1.54, 1.807) is 42.5 Å². The van der Waals surface area contributed by atoms with Gasteiger partial charge in [0.1, 0.15) is 11.3 Å². The molecule has 3 aromatic rings. The van der Waals surface area contributed by atoms with Crippen LogP contribution in [-0.2, 0) is 0 Å². The number of fused-ring (bicyclic) bond motifs is 1. The van der Waals surface area contributed by atoms with Crippen molar-refractivity contribution in [2.24, 2.45) is 0 Å². The monoisotopic (exact) mass is 284 g/mol. The summed E-state index contributed by atoms with van der Waals surface area (Å²) in [6, 6.07) is 13.3. The Morgan fingerprint density at radius 2 is 1.85 bits per heavy atom. The number of hydrogen-bond donors (Lipinski definition) is 0. The molecule has 2 aromatic carbocycles. The number of hydrogen-bond acceptors (Lipinski definition) is 3. The van der Waals surface area contributed by atoms with Crippen LogP contribution in [0, 0.1) is 0 Å². The Kier molecular flexibility index (Phi) is 3.12. The Morgan fingerprint density at radius 3 is 2.60 bits per heavy atom. The normalized spacial score (nSPS) is 10.7. The molecule has 0 atom stereocenters. The fourth-order valence-electron chi connectivity index (χ4n) is 2.08. The van der Waals surface area contributed by atoms with Crippen LogP contribution in [0.15, 0.2) is 57.7 Å². The third-order valence-electron chi connectivity index (χ3n) is 3.02. The van der Waals surface area contributed by atoms with E-state index in [9.17, 15) is 9.59 Å². The number of rotatable bonds is 2. The SMILES string of the molecule is O=Cc1cccc2c(=O)cc(-c3cccc(Cl)c3)oc12. The van der Waals surface area contributed by atoms with Gasteiger partial charge in [-0.15, -0.1) is 0 Å². The van der Waals surface area contributed by atoms with Gasteiger partial charge in [0.05, 0.1) is 10.9 Å². The molecule has 0 saturated carbocycles. The van der Waals surface area contributed by atoms with E-state index in [-0.39, 0.29) is 5.43 Å². The average molecular weight is 285 g/mol. The third kappa shape index (κ3) is 2.12. The Morgan fingerprint density at radius 1 is 1.05 bits per heavy atom. The number of benzene rings is 2. The predicted molar refractivity (Wildman–Crippen MR) is 78.3 cm³/mol. The lowest BCUT2D eigenvalue weighted by molar-refractivity contribution is 0.112.